The maximum absolute atomic E-state index is 11.2. The lowest BCUT2D eigenvalue weighted by molar-refractivity contribution is -0.250. The van der Waals surface area contributed by atoms with Gasteiger partial charge in [-0.15, -0.1) is 0 Å². The molecule has 5 fully saturated rings. The molecule has 0 aromatic heterocycles. The van der Waals surface area contributed by atoms with Gasteiger partial charge in [0.05, 0.1) is 11.7 Å². The molecule has 0 saturated heterocycles. The molecule has 0 spiro atoms. The molecule has 0 amide bonds. The average molecular weight is 445 g/mol. The number of aliphatic hydroxyl groups excluding tert-OH is 1. The van der Waals surface area contributed by atoms with Gasteiger partial charge < -0.3 is 10.2 Å². The van der Waals surface area contributed by atoms with E-state index in [0.717, 1.165) is 18.3 Å². The van der Waals surface area contributed by atoms with Crippen LogP contribution in [0.5, 0.6) is 0 Å². The Hall–Kier alpha value is -0.0800. The lowest BCUT2D eigenvalue weighted by atomic mass is 9.32. The lowest BCUT2D eigenvalue weighted by Gasteiger charge is -2.73. The number of fused-ring (bicyclic) bond motifs is 7. The molecule has 0 radical (unpaired) electrons. The van der Waals surface area contributed by atoms with Gasteiger partial charge in [-0.3, -0.25) is 0 Å². The molecule has 0 heterocycles. The Kier molecular flexibility index (Phi) is 5.01. The minimum Gasteiger partial charge on any atom is -0.393 e. The van der Waals surface area contributed by atoms with Crippen molar-refractivity contribution >= 4 is 0 Å². The summed E-state index contributed by atoms with van der Waals surface area (Å²) in [5, 5.41) is 22.1. The van der Waals surface area contributed by atoms with Gasteiger partial charge in [-0.2, -0.15) is 0 Å². The van der Waals surface area contributed by atoms with Gasteiger partial charge in [0, 0.05) is 0 Å². The van der Waals surface area contributed by atoms with E-state index < -0.39 is 5.60 Å². The first-order chi connectivity index (χ1) is 14.6. The summed E-state index contributed by atoms with van der Waals surface area (Å²) in [6.07, 6.45) is 12.6. The molecule has 0 aromatic rings. The van der Waals surface area contributed by atoms with Crippen LogP contribution in [0, 0.1) is 56.7 Å². The van der Waals surface area contributed by atoms with E-state index in [2.05, 4.69) is 55.4 Å². The van der Waals surface area contributed by atoms with Gasteiger partial charge in [0.15, 0.2) is 0 Å². The minimum atomic E-state index is -0.564. The van der Waals surface area contributed by atoms with Crippen molar-refractivity contribution in [2.45, 2.75) is 131 Å². The van der Waals surface area contributed by atoms with E-state index in [1.54, 1.807) is 0 Å². The summed E-state index contributed by atoms with van der Waals surface area (Å²) in [6, 6.07) is 0. The summed E-state index contributed by atoms with van der Waals surface area (Å²) in [5.74, 6) is 3.29. The Morgan fingerprint density at radius 2 is 1.38 bits per heavy atom. The van der Waals surface area contributed by atoms with Crippen LogP contribution in [0.25, 0.3) is 0 Å². The molecule has 0 aromatic carbocycles. The van der Waals surface area contributed by atoms with Gasteiger partial charge in [0.1, 0.15) is 0 Å². The Morgan fingerprint density at radius 1 is 0.688 bits per heavy atom. The predicted octanol–water partition coefficient (Wildman–Crippen LogP) is 7.22. The van der Waals surface area contributed by atoms with E-state index in [0.29, 0.717) is 39.4 Å². The number of hydrogen-bond donors (Lipinski definition) is 2. The van der Waals surface area contributed by atoms with E-state index >= 15 is 0 Å². The Bertz CT molecular complexity index is 765. The van der Waals surface area contributed by atoms with E-state index in [4.69, 9.17) is 0 Å². The van der Waals surface area contributed by atoms with Gasteiger partial charge in [-0.25, -0.2) is 0 Å². The van der Waals surface area contributed by atoms with Crippen molar-refractivity contribution in [3.63, 3.8) is 0 Å². The Morgan fingerprint density at radius 3 is 2.03 bits per heavy atom. The standard InChI is InChI=1S/C30H52O2/c1-25(2)21-12-16-30(8)22(28(21,6)15-13-23(25)31)10-9-20-24-19(26(3,4)32)11-14-27(24,5)17-18-29(20,30)7/h19-24,31-32H,9-18H2,1-8H3/t19?,20?,21?,22?,23-,24?,27+,28-,29+,30+/m0/s1. The van der Waals surface area contributed by atoms with E-state index in [9.17, 15) is 10.2 Å². The van der Waals surface area contributed by atoms with Crippen LogP contribution in [0.15, 0.2) is 0 Å². The molecule has 2 N–H and O–H groups in total. The van der Waals surface area contributed by atoms with Crippen LogP contribution in [0.1, 0.15) is 120 Å². The van der Waals surface area contributed by atoms with Crippen LogP contribution in [-0.2, 0) is 0 Å². The highest BCUT2D eigenvalue weighted by molar-refractivity contribution is 5.19. The number of hydrogen-bond acceptors (Lipinski definition) is 2. The maximum Gasteiger partial charge on any atom is 0.0622 e. The second-order valence-corrected chi connectivity index (χ2v) is 15.5. The molecule has 0 aliphatic heterocycles. The summed E-state index contributed by atoms with van der Waals surface area (Å²) < 4.78 is 0. The molecular formula is C30H52O2. The smallest absolute Gasteiger partial charge is 0.0622 e. The van der Waals surface area contributed by atoms with Crippen molar-refractivity contribution in [1.29, 1.82) is 0 Å². The highest BCUT2D eigenvalue weighted by Gasteiger charge is 2.70. The fourth-order valence-electron chi connectivity index (χ4n) is 11.7. The normalized spacial score (nSPS) is 57.2. The minimum absolute atomic E-state index is 0.0364. The van der Waals surface area contributed by atoms with Crippen LogP contribution in [0.3, 0.4) is 0 Å². The van der Waals surface area contributed by atoms with Crippen molar-refractivity contribution in [3.8, 4) is 0 Å². The first-order valence-corrected chi connectivity index (χ1v) is 14.0. The molecule has 184 valence electrons. The zero-order valence-corrected chi connectivity index (χ0v) is 22.4. The predicted molar refractivity (Wildman–Crippen MR) is 132 cm³/mol. The largest absolute Gasteiger partial charge is 0.393 e. The van der Waals surface area contributed by atoms with Gasteiger partial charge in [-0.1, -0.05) is 41.5 Å². The van der Waals surface area contributed by atoms with E-state index in [-0.39, 0.29) is 11.5 Å². The highest BCUT2D eigenvalue weighted by atomic mass is 16.3. The molecule has 2 nitrogen and oxygen atoms in total. The van der Waals surface area contributed by atoms with E-state index in [1.807, 2.05) is 0 Å². The van der Waals surface area contributed by atoms with Crippen molar-refractivity contribution in [3.05, 3.63) is 0 Å². The van der Waals surface area contributed by atoms with E-state index in [1.165, 1.54) is 57.8 Å². The number of rotatable bonds is 1. The topological polar surface area (TPSA) is 40.5 Å². The fourth-order valence-corrected chi connectivity index (χ4v) is 11.7. The van der Waals surface area contributed by atoms with Crippen molar-refractivity contribution in [2.75, 3.05) is 0 Å². The van der Waals surface area contributed by atoms with Crippen LogP contribution in [-0.4, -0.2) is 21.9 Å². The number of aliphatic hydroxyl groups is 2. The molecule has 0 bridgehead atoms. The summed E-state index contributed by atoms with van der Waals surface area (Å²) >= 11 is 0. The van der Waals surface area contributed by atoms with Crippen LogP contribution in [0.2, 0.25) is 0 Å². The Balaban J connectivity index is 1.54. The molecule has 2 heteroatoms. The molecule has 5 aliphatic carbocycles. The molecule has 5 rings (SSSR count). The molecule has 5 saturated carbocycles. The third-order valence-corrected chi connectivity index (χ3v) is 13.7. The maximum atomic E-state index is 11.2. The molecule has 32 heavy (non-hydrogen) atoms. The van der Waals surface area contributed by atoms with Crippen LogP contribution in [0.4, 0.5) is 0 Å². The third kappa shape index (κ3) is 2.78. The zero-order chi connectivity index (χ0) is 23.5. The molecule has 5 aliphatic rings. The lowest BCUT2D eigenvalue weighted by Crippen LogP contribution is -2.66. The van der Waals surface area contributed by atoms with Gasteiger partial charge >= 0.3 is 0 Å². The summed E-state index contributed by atoms with van der Waals surface area (Å²) in [6.45, 7) is 19.5. The van der Waals surface area contributed by atoms with Crippen molar-refractivity contribution in [2.24, 2.45) is 56.7 Å². The quantitative estimate of drug-likeness (QED) is 0.448. The van der Waals surface area contributed by atoms with Crippen molar-refractivity contribution < 1.29 is 10.2 Å². The monoisotopic (exact) mass is 444 g/mol. The summed E-state index contributed by atoms with van der Waals surface area (Å²) in [4.78, 5) is 0. The van der Waals surface area contributed by atoms with Gasteiger partial charge in [-0.05, 0) is 135 Å². The molecular weight excluding hydrogens is 392 g/mol. The Labute approximate surface area is 198 Å². The van der Waals surface area contributed by atoms with Gasteiger partial charge in [0.25, 0.3) is 0 Å². The molecule has 10 atom stereocenters. The SMILES string of the molecule is CC(C)(O)C1CC[C@]2(C)CC[C@]3(C)C(CCC4[C@@]5(C)CC[C@H](O)C(C)(C)C5CC[C@]43C)C12. The first kappa shape index (κ1) is 23.7. The van der Waals surface area contributed by atoms with Crippen LogP contribution >= 0.6 is 0 Å². The average Bonchev–Trinajstić information content (AvgIpc) is 3.04. The molecule has 5 unspecified atom stereocenters. The second kappa shape index (κ2) is 6.77. The first-order valence-electron chi connectivity index (χ1n) is 14.0. The fraction of sp³-hybridized carbons (Fsp3) is 1.00. The van der Waals surface area contributed by atoms with Crippen molar-refractivity contribution in [1.82, 2.24) is 0 Å². The summed E-state index contributed by atoms with van der Waals surface area (Å²) in [7, 11) is 0. The summed E-state index contributed by atoms with van der Waals surface area (Å²) in [5.41, 5.74) is 1.02. The van der Waals surface area contributed by atoms with Gasteiger partial charge in [0.2, 0.25) is 0 Å². The second-order valence-electron chi connectivity index (χ2n) is 15.5. The van der Waals surface area contributed by atoms with Crippen LogP contribution < -0.4 is 0 Å². The highest BCUT2D eigenvalue weighted by Crippen LogP contribution is 2.77. The third-order valence-electron chi connectivity index (χ3n) is 13.7. The zero-order valence-electron chi connectivity index (χ0n) is 22.4.